The monoisotopic (exact) mass is 357 g/mol. The van der Waals surface area contributed by atoms with E-state index in [2.05, 4.69) is 92.8 Å². The highest BCUT2D eigenvalue weighted by molar-refractivity contribution is 9.10. The minimum Gasteiger partial charge on any atom is -0.354 e. The molecule has 1 heterocycles. The van der Waals surface area contributed by atoms with Crippen LogP contribution in [0.25, 0.3) is 21.8 Å². The predicted octanol–water partition coefficient (Wildman–Crippen LogP) is 6.68. The molecule has 0 aliphatic heterocycles. The Hall–Kier alpha value is -1.28. The smallest absolute Gasteiger partial charge is 0.0476 e. The van der Waals surface area contributed by atoms with E-state index in [0.29, 0.717) is 0 Å². The van der Waals surface area contributed by atoms with Crippen molar-refractivity contribution in [3.63, 3.8) is 0 Å². The average Bonchev–Trinajstić information content (AvgIpc) is 2.71. The van der Waals surface area contributed by atoms with Gasteiger partial charge in [0.2, 0.25) is 0 Å². The van der Waals surface area contributed by atoms with Gasteiger partial charge in [-0.3, -0.25) is 0 Å². The highest BCUT2D eigenvalue weighted by atomic mass is 79.9. The third kappa shape index (κ3) is 2.58. The maximum atomic E-state index is 3.74. The van der Waals surface area contributed by atoms with Gasteiger partial charge in [0.1, 0.15) is 0 Å². The SMILES string of the molecule is CC(C)(C)c1ccc2[nH]c3cc(Br)c(C(C)(C)C)cc3c2c1. The van der Waals surface area contributed by atoms with Crippen LogP contribution in [0.4, 0.5) is 0 Å². The molecule has 2 heteroatoms. The lowest BCUT2D eigenvalue weighted by molar-refractivity contribution is 0.588. The lowest BCUT2D eigenvalue weighted by Crippen LogP contribution is -2.11. The van der Waals surface area contributed by atoms with Gasteiger partial charge in [0.05, 0.1) is 0 Å². The molecule has 3 aromatic rings. The van der Waals surface area contributed by atoms with Crippen molar-refractivity contribution in [2.24, 2.45) is 0 Å². The zero-order valence-corrected chi connectivity index (χ0v) is 15.9. The molecule has 0 saturated heterocycles. The summed E-state index contributed by atoms with van der Waals surface area (Å²) in [6.45, 7) is 13.6. The zero-order valence-electron chi connectivity index (χ0n) is 14.3. The van der Waals surface area contributed by atoms with Crippen LogP contribution in [-0.4, -0.2) is 4.98 Å². The van der Waals surface area contributed by atoms with E-state index in [1.54, 1.807) is 0 Å². The second kappa shape index (κ2) is 4.86. The van der Waals surface area contributed by atoms with Gasteiger partial charge in [0.25, 0.3) is 0 Å². The summed E-state index contributed by atoms with van der Waals surface area (Å²) in [4.78, 5) is 3.55. The molecular formula is C20H24BrN. The van der Waals surface area contributed by atoms with Gasteiger partial charge in [-0.2, -0.15) is 0 Å². The molecule has 0 aliphatic carbocycles. The lowest BCUT2D eigenvalue weighted by atomic mass is 9.85. The van der Waals surface area contributed by atoms with E-state index in [1.165, 1.54) is 37.4 Å². The number of benzene rings is 2. The van der Waals surface area contributed by atoms with Gasteiger partial charge in [0.15, 0.2) is 0 Å². The number of aromatic nitrogens is 1. The molecule has 1 nitrogen and oxygen atoms in total. The van der Waals surface area contributed by atoms with Gasteiger partial charge < -0.3 is 4.98 Å². The Kier molecular flexibility index (Phi) is 3.45. The van der Waals surface area contributed by atoms with Crippen molar-refractivity contribution in [1.82, 2.24) is 4.98 Å². The van der Waals surface area contributed by atoms with Crippen molar-refractivity contribution in [3.05, 3.63) is 45.9 Å². The number of hydrogen-bond donors (Lipinski definition) is 1. The molecule has 0 aliphatic rings. The Balaban J connectivity index is 2.36. The summed E-state index contributed by atoms with van der Waals surface area (Å²) in [6, 6.07) is 11.3. The number of fused-ring (bicyclic) bond motifs is 3. The van der Waals surface area contributed by atoms with E-state index in [0.717, 1.165) is 0 Å². The molecule has 0 saturated carbocycles. The molecule has 0 amide bonds. The third-order valence-corrected chi connectivity index (χ3v) is 5.02. The highest BCUT2D eigenvalue weighted by Crippen LogP contribution is 2.37. The molecule has 2 aromatic carbocycles. The van der Waals surface area contributed by atoms with Gasteiger partial charge in [0, 0.05) is 26.3 Å². The second-order valence-corrected chi connectivity index (χ2v) is 9.12. The molecule has 0 atom stereocenters. The van der Waals surface area contributed by atoms with Crippen molar-refractivity contribution in [1.29, 1.82) is 0 Å². The van der Waals surface area contributed by atoms with Crippen molar-refractivity contribution in [2.45, 2.75) is 52.4 Å². The number of rotatable bonds is 0. The maximum Gasteiger partial charge on any atom is 0.0476 e. The molecule has 0 fully saturated rings. The van der Waals surface area contributed by atoms with E-state index in [4.69, 9.17) is 0 Å². The van der Waals surface area contributed by atoms with E-state index >= 15 is 0 Å². The van der Waals surface area contributed by atoms with Gasteiger partial charge in [-0.25, -0.2) is 0 Å². The van der Waals surface area contributed by atoms with Crippen LogP contribution < -0.4 is 0 Å². The minimum atomic E-state index is 0.123. The summed E-state index contributed by atoms with van der Waals surface area (Å²) in [5.74, 6) is 0. The van der Waals surface area contributed by atoms with Gasteiger partial charge in [-0.05, 0) is 46.2 Å². The first kappa shape index (κ1) is 15.6. The average molecular weight is 358 g/mol. The summed E-state index contributed by atoms with van der Waals surface area (Å²) in [5.41, 5.74) is 5.42. The Morgan fingerprint density at radius 2 is 1.41 bits per heavy atom. The molecule has 0 radical (unpaired) electrons. The highest BCUT2D eigenvalue weighted by Gasteiger charge is 2.20. The summed E-state index contributed by atoms with van der Waals surface area (Å²) >= 11 is 3.74. The Morgan fingerprint density at radius 3 is 2.00 bits per heavy atom. The number of halogens is 1. The maximum absolute atomic E-state index is 3.74. The molecule has 0 bridgehead atoms. The molecular weight excluding hydrogens is 334 g/mol. The third-order valence-electron chi connectivity index (χ3n) is 4.36. The topological polar surface area (TPSA) is 15.8 Å². The fraction of sp³-hybridized carbons (Fsp3) is 0.400. The normalized spacial score (nSPS) is 13.2. The van der Waals surface area contributed by atoms with E-state index in [-0.39, 0.29) is 10.8 Å². The molecule has 22 heavy (non-hydrogen) atoms. The van der Waals surface area contributed by atoms with Crippen LogP contribution in [0, 0.1) is 0 Å². The Morgan fingerprint density at radius 1 is 0.773 bits per heavy atom. The number of aromatic amines is 1. The predicted molar refractivity (Wildman–Crippen MR) is 101 cm³/mol. The van der Waals surface area contributed by atoms with Gasteiger partial charge in [-0.1, -0.05) is 63.5 Å². The Bertz CT molecular complexity index is 857. The van der Waals surface area contributed by atoms with E-state index in [1.807, 2.05) is 0 Å². The molecule has 1 N–H and O–H groups in total. The van der Waals surface area contributed by atoms with Crippen molar-refractivity contribution in [3.8, 4) is 0 Å². The largest absolute Gasteiger partial charge is 0.354 e. The van der Waals surface area contributed by atoms with Crippen LogP contribution in [0.5, 0.6) is 0 Å². The van der Waals surface area contributed by atoms with Crippen LogP contribution in [0.1, 0.15) is 52.7 Å². The first-order valence-corrected chi connectivity index (χ1v) is 8.62. The molecule has 116 valence electrons. The first-order chi connectivity index (χ1) is 10.1. The van der Waals surface area contributed by atoms with E-state index < -0.39 is 0 Å². The molecule has 0 spiro atoms. The summed E-state index contributed by atoms with van der Waals surface area (Å²) in [6.07, 6.45) is 0. The van der Waals surface area contributed by atoms with Crippen LogP contribution in [0.3, 0.4) is 0 Å². The zero-order chi connectivity index (χ0) is 16.3. The van der Waals surface area contributed by atoms with Crippen LogP contribution in [-0.2, 0) is 10.8 Å². The summed E-state index contributed by atoms with van der Waals surface area (Å²) in [7, 11) is 0. The summed E-state index contributed by atoms with van der Waals surface area (Å²) in [5, 5.41) is 2.63. The van der Waals surface area contributed by atoms with Gasteiger partial charge >= 0.3 is 0 Å². The molecule has 1 aromatic heterocycles. The number of nitrogens with one attached hydrogen (secondary N) is 1. The summed E-state index contributed by atoms with van der Waals surface area (Å²) < 4.78 is 1.18. The van der Waals surface area contributed by atoms with Crippen LogP contribution in [0.2, 0.25) is 0 Å². The van der Waals surface area contributed by atoms with Crippen LogP contribution in [0.15, 0.2) is 34.8 Å². The number of hydrogen-bond acceptors (Lipinski definition) is 0. The quantitative estimate of drug-likeness (QED) is 0.461. The van der Waals surface area contributed by atoms with Crippen molar-refractivity contribution >= 4 is 37.7 Å². The minimum absolute atomic E-state index is 0.123. The second-order valence-electron chi connectivity index (χ2n) is 8.26. The lowest BCUT2D eigenvalue weighted by Gasteiger charge is -2.21. The van der Waals surface area contributed by atoms with Crippen molar-refractivity contribution < 1.29 is 0 Å². The van der Waals surface area contributed by atoms with Crippen LogP contribution >= 0.6 is 15.9 Å². The van der Waals surface area contributed by atoms with Gasteiger partial charge in [-0.15, -0.1) is 0 Å². The Labute approximate surface area is 141 Å². The standard InChI is InChI=1S/C20H24BrN/c1-19(2,3)12-7-8-17-13(9-12)14-10-15(20(4,5)6)16(21)11-18(14)22-17/h7-11,22H,1-6H3. The fourth-order valence-corrected chi connectivity index (χ4v) is 3.90. The first-order valence-electron chi connectivity index (χ1n) is 7.83. The van der Waals surface area contributed by atoms with E-state index in [9.17, 15) is 0 Å². The molecule has 0 unspecified atom stereocenters. The number of H-pyrrole nitrogens is 1. The van der Waals surface area contributed by atoms with Crippen molar-refractivity contribution in [2.75, 3.05) is 0 Å². The fourth-order valence-electron chi connectivity index (χ4n) is 2.96. The molecule has 3 rings (SSSR count).